The monoisotopic (exact) mass is 260 g/mol. The van der Waals surface area contributed by atoms with Crippen LogP contribution in [0.2, 0.25) is 0 Å². The van der Waals surface area contributed by atoms with Crippen LogP contribution in [-0.4, -0.2) is 20.6 Å². The number of hydrogen-bond donors (Lipinski definition) is 2. The number of rotatable bonds is 2. The summed E-state index contributed by atoms with van der Waals surface area (Å²) in [5.74, 6) is -1.38. The van der Waals surface area contributed by atoms with Gasteiger partial charge in [-0.3, -0.25) is 4.79 Å². The second-order valence-electron chi connectivity index (χ2n) is 4.24. The van der Waals surface area contributed by atoms with E-state index in [1.807, 2.05) is 13.0 Å². The molecule has 1 aromatic heterocycles. The maximum atomic E-state index is 12.0. The van der Waals surface area contributed by atoms with E-state index >= 15 is 0 Å². The number of H-pyrrole nitrogens is 1. The van der Waals surface area contributed by atoms with Gasteiger partial charge < -0.3 is 10.1 Å². The molecule has 2 rings (SSSR count). The number of carboxylic acid groups (broad SMARTS) is 1. The first-order valence-corrected chi connectivity index (χ1v) is 5.57. The van der Waals surface area contributed by atoms with E-state index in [1.165, 1.54) is 0 Å². The molecule has 19 heavy (non-hydrogen) atoms. The fourth-order valence-electron chi connectivity index (χ4n) is 1.90. The summed E-state index contributed by atoms with van der Waals surface area (Å²) in [5.41, 5.74) is 0.0972. The van der Waals surface area contributed by atoms with E-state index in [0.717, 1.165) is 21.9 Å². The molecule has 0 spiro atoms. The number of hydrogen-bond acceptors (Lipinski definition) is 3. The highest BCUT2D eigenvalue weighted by Crippen LogP contribution is 2.12. The molecule has 6 nitrogen and oxygen atoms in total. The Morgan fingerprint density at radius 3 is 2.53 bits per heavy atom. The van der Waals surface area contributed by atoms with E-state index in [2.05, 4.69) is 4.98 Å². The van der Waals surface area contributed by atoms with Crippen LogP contribution in [0.25, 0.3) is 5.69 Å². The van der Waals surface area contributed by atoms with Gasteiger partial charge in [-0.25, -0.2) is 14.2 Å². The summed E-state index contributed by atoms with van der Waals surface area (Å²) < 4.78 is 0.832. The second kappa shape index (κ2) is 4.56. The Kier molecular flexibility index (Phi) is 3.08. The summed E-state index contributed by atoms with van der Waals surface area (Å²) in [6.45, 7) is 3.64. The average Bonchev–Trinajstić information content (AvgIpc) is 2.31. The molecule has 0 atom stereocenters. The SMILES string of the molecule is Cc1ccc(-n2c(=O)[nH]cc(C(=O)O)c2=O)c(C)c1. The lowest BCUT2D eigenvalue weighted by Gasteiger charge is -2.09. The minimum absolute atomic E-state index is 0.375. The summed E-state index contributed by atoms with van der Waals surface area (Å²) in [4.78, 5) is 37.0. The lowest BCUT2D eigenvalue weighted by molar-refractivity contribution is 0.0694. The first-order chi connectivity index (χ1) is 8.91. The van der Waals surface area contributed by atoms with Gasteiger partial charge >= 0.3 is 11.7 Å². The number of nitrogens with zero attached hydrogens (tertiary/aromatic N) is 1. The topological polar surface area (TPSA) is 92.2 Å². The van der Waals surface area contributed by atoms with Gasteiger partial charge in [0.1, 0.15) is 5.56 Å². The number of nitrogens with one attached hydrogen (secondary N) is 1. The molecular formula is C13H12N2O4. The Hall–Kier alpha value is -2.63. The van der Waals surface area contributed by atoms with Gasteiger partial charge in [0.15, 0.2) is 0 Å². The number of carbonyl (C=O) groups is 1. The first-order valence-electron chi connectivity index (χ1n) is 5.57. The van der Waals surface area contributed by atoms with Crippen molar-refractivity contribution >= 4 is 5.97 Å². The predicted octanol–water partition coefficient (Wildman–Crippen LogP) is 0.841. The van der Waals surface area contributed by atoms with E-state index in [1.54, 1.807) is 19.1 Å². The fourth-order valence-corrected chi connectivity index (χ4v) is 1.90. The molecule has 0 fully saturated rings. The summed E-state index contributed by atoms with van der Waals surface area (Å²) in [6.07, 6.45) is 0.910. The zero-order chi connectivity index (χ0) is 14.2. The lowest BCUT2D eigenvalue weighted by Crippen LogP contribution is -2.37. The minimum atomic E-state index is -1.38. The van der Waals surface area contributed by atoms with E-state index in [9.17, 15) is 14.4 Å². The van der Waals surface area contributed by atoms with Gasteiger partial charge in [0, 0.05) is 6.20 Å². The number of aromatic nitrogens is 2. The highest BCUT2D eigenvalue weighted by atomic mass is 16.4. The maximum Gasteiger partial charge on any atom is 0.342 e. The Morgan fingerprint density at radius 1 is 1.26 bits per heavy atom. The van der Waals surface area contributed by atoms with Crippen LogP contribution in [0.5, 0.6) is 0 Å². The quantitative estimate of drug-likeness (QED) is 0.836. The molecular weight excluding hydrogens is 248 g/mol. The van der Waals surface area contributed by atoms with E-state index in [4.69, 9.17) is 5.11 Å². The standard InChI is InChI=1S/C13H12N2O4/c1-7-3-4-10(8(2)5-7)15-11(16)9(12(17)18)6-14-13(15)19/h3-6H,1-2H3,(H,14,19)(H,17,18). The fraction of sp³-hybridized carbons (Fsp3) is 0.154. The Morgan fingerprint density at radius 2 is 1.95 bits per heavy atom. The zero-order valence-corrected chi connectivity index (χ0v) is 10.4. The van der Waals surface area contributed by atoms with Gasteiger partial charge in [-0.15, -0.1) is 0 Å². The Bertz CT molecular complexity index is 771. The van der Waals surface area contributed by atoms with Crippen molar-refractivity contribution in [1.29, 1.82) is 0 Å². The molecule has 0 saturated heterocycles. The average molecular weight is 260 g/mol. The van der Waals surface area contributed by atoms with E-state index in [-0.39, 0.29) is 0 Å². The third-order valence-corrected chi connectivity index (χ3v) is 2.80. The molecule has 0 aliphatic carbocycles. The molecule has 0 aliphatic heterocycles. The molecule has 1 heterocycles. The normalized spacial score (nSPS) is 10.4. The molecule has 6 heteroatoms. The van der Waals surface area contributed by atoms with Crippen molar-refractivity contribution in [2.24, 2.45) is 0 Å². The van der Waals surface area contributed by atoms with Crippen molar-refractivity contribution in [1.82, 2.24) is 9.55 Å². The summed E-state index contributed by atoms with van der Waals surface area (Å²) in [5, 5.41) is 8.91. The summed E-state index contributed by atoms with van der Waals surface area (Å²) in [7, 11) is 0. The van der Waals surface area contributed by atoms with Gasteiger partial charge in [-0.2, -0.15) is 0 Å². The summed E-state index contributed by atoms with van der Waals surface area (Å²) >= 11 is 0. The number of benzene rings is 1. The van der Waals surface area contributed by atoms with Gasteiger partial charge in [-0.1, -0.05) is 17.7 Å². The molecule has 0 aliphatic rings. The number of aromatic amines is 1. The van der Waals surface area contributed by atoms with E-state index in [0.29, 0.717) is 5.69 Å². The molecule has 0 radical (unpaired) electrons. The van der Waals surface area contributed by atoms with Crippen molar-refractivity contribution in [2.45, 2.75) is 13.8 Å². The molecule has 2 aromatic rings. The largest absolute Gasteiger partial charge is 0.477 e. The lowest BCUT2D eigenvalue weighted by atomic mass is 10.1. The minimum Gasteiger partial charge on any atom is -0.477 e. The van der Waals surface area contributed by atoms with Gasteiger partial charge in [0.05, 0.1) is 5.69 Å². The first kappa shape index (κ1) is 12.8. The van der Waals surface area contributed by atoms with Crippen LogP contribution in [0, 0.1) is 13.8 Å². The third-order valence-electron chi connectivity index (χ3n) is 2.80. The Labute approximate surface area is 108 Å². The second-order valence-corrected chi connectivity index (χ2v) is 4.24. The van der Waals surface area contributed by atoms with Crippen LogP contribution in [0.4, 0.5) is 0 Å². The van der Waals surface area contributed by atoms with Gasteiger partial charge in [0.25, 0.3) is 5.56 Å². The third kappa shape index (κ3) is 2.20. The molecule has 0 saturated carbocycles. The van der Waals surface area contributed by atoms with Crippen LogP contribution in [0.15, 0.2) is 34.0 Å². The van der Waals surface area contributed by atoms with Crippen LogP contribution in [0.3, 0.4) is 0 Å². The molecule has 0 bridgehead atoms. The molecule has 1 aromatic carbocycles. The van der Waals surface area contributed by atoms with Crippen molar-refractivity contribution in [3.05, 3.63) is 61.9 Å². The predicted molar refractivity (Wildman–Crippen MR) is 69.1 cm³/mol. The molecule has 2 N–H and O–H groups in total. The maximum absolute atomic E-state index is 12.0. The smallest absolute Gasteiger partial charge is 0.342 e. The molecule has 0 unspecified atom stereocenters. The molecule has 98 valence electrons. The van der Waals surface area contributed by atoms with Crippen LogP contribution >= 0.6 is 0 Å². The zero-order valence-electron chi connectivity index (χ0n) is 10.4. The van der Waals surface area contributed by atoms with Gasteiger partial charge in [0.2, 0.25) is 0 Å². The van der Waals surface area contributed by atoms with Crippen LogP contribution < -0.4 is 11.2 Å². The summed E-state index contributed by atoms with van der Waals surface area (Å²) in [6, 6.07) is 5.18. The van der Waals surface area contributed by atoms with Gasteiger partial charge in [-0.05, 0) is 25.5 Å². The van der Waals surface area contributed by atoms with E-state index < -0.39 is 22.8 Å². The Balaban J connectivity index is 2.82. The van der Waals surface area contributed by atoms with Crippen molar-refractivity contribution < 1.29 is 9.90 Å². The number of carboxylic acids is 1. The highest BCUT2D eigenvalue weighted by Gasteiger charge is 2.15. The van der Waals surface area contributed by atoms with Crippen LogP contribution in [0.1, 0.15) is 21.5 Å². The van der Waals surface area contributed by atoms with Crippen molar-refractivity contribution in [3.63, 3.8) is 0 Å². The van der Waals surface area contributed by atoms with Crippen molar-refractivity contribution in [3.8, 4) is 5.69 Å². The number of aromatic carboxylic acids is 1. The van der Waals surface area contributed by atoms with Crippen LogP contribution in [-0.2, 0) is 0 Å². The van der Waals surface area contributed by atoms with Crippen molar-refractivity contribution in [2.75, 3.05) is 0 Å². The molecule has 0 amide bonds. The highest BCUT2D eigenvalue weighted by molar-refractivity contribution is 5.86. The number of aryl methyl sites for hydroxylation is 2.